The molecule has 6 rings (SSSR count). The summed E-state index contributed by atoms with van der Waals surface area (Å²) in [6.45, 7) is 0.576. The van der Waals surface area contributed by atoms with Crippen molar-refractivity contribution in [2.45, 2.75) is 51.4 Å². The molecule has 0 radical (unpaired) electrons. The van der Waals surface area contributed by atoms with Crippen LogP contribution in [0.15, 0.2) is 85.2 Å². The van der Waals surface area contributed by atoms with Crippen LogP contribution in [-0.2, 0) is 13.2 Å². The van der Waals surface area contributed by atoms with E-state index in [1.807, 2.05) is 54.6 Å². The van der Waals surface area contributed by atoms with E-state index in [0.717, 1.165) is 40.9 Å². The number of benzene rings is 3. The van der Waals surface area contributed by atoms with Gasteiger partial charge < -0.3 is 24.0 Å². The Morgan fingerprint density at radius 3 is 2.21 bits per heavy atom. The Morgan fingerprint density at radius 2 is 1.53 bits per heavy atom. The zero-order valence-corrected chi connectivity index (χ0v) is 27.9. The number of aromatic nitrogens is 3. The van der Waals surface area contributed by atoms with Gasteiger partial charge in [0, 0.05) is 49.2 Å². The molecule has 9 nitrogen and oxygen atoms in total. The number of fused-ring (bicyclic) bond motifs is 1. The molecule has 2 aromatic heterocycles. The third kappa shape index (κ3) is 8.04. The average Bonchev–Trinajstić information content (AvgIpc) is 3.46. The maximum atomic E-state index is 13.1. The van der Waals surface area contributed by atoms with E-state index in [0.29, 0.717) is 35.2 Å². The van der Waals surface area contributed by atoms with Crippen molar-refractivity contribution in [1.82, 2.24) is 19.4 Å². The van der Waals surface area contributed by atoms with Gasteiger partial charge in [0.15, 0.2) is 0 Å². The molecule has 1 aliphatic carbocycles. The highest BCUT2D eigenvalue weighted by molar-refractivity contribution is 5.96. The summed E-state index contributed by atoms with van der Waals surface area (Å²) in [5.41, 5.74) is 5.05. The average molecular weight is 678 g/mol. The highest BCUT2D eigenvalue weighted by Crippen LogP contribution is 2.36. The Morgan fingerprint density at radius 1 is 0.851 bits per heavy atom. The van der Waals surface area contributed by atoms with Crippen LogP contribution >= 0.6 is 24.8 Å². The molecule has 0 atom stereocenters. The fourth-order valence-corrected chi connectivity index (χ4v) is 5.86. The molecule has 0 aliphatic heterocycles. The number of hydrogen-bond donors (Lipinski definition) is 1. The highest BCUT2D eigenvalue weighted by Gasteiger charge is 2.23. The number of ether oxygens (including phenoxy) is 2. The first-order chi connectivity index (χ1) is 21.9. The molecule has 246 valence electrons. The van der Waals surface area contributed by atoms with Gasteiger partial charge >= 0.3 is 5.97 Å². The molecule has 11 heteroatoms. The Balaban J connectivity index is 0.00000250. The zero-order valence-electron chi connectivity index (χ0n) is 26.3. The fraction of sp³-hybridized carbons (Fsp3) is 0.278. The summed E-state index contributed by atoms with van der Waals surface area (Å²) in [4.78, 5) is 35.2. The van der Waals surface area contributed by atoms with E-state index in [1.54, 1.807) is 44.7 Å². The number of aromatic carboxylic acids is 1. The lowest BCUT2D eigenvalue weighted by Crippen LogP contribution is -2.23. The molecule has 47 heavy (non-hydrogen) atoms. The second-order valence-corrected chi connectivity index (χ2v) is 11.6. The Kier molecular flexibility index (Phi) is 11.9. The lowest BCUT2D eigenvalue weighted by molar-refractivity contribution is 0.0696. The first kappa shape index (κ1) is 35.3. The molecule has 5 aromatic rings. The summed E-state index contributed by atoms with van der Waals surface area (Å²) in [6.07, 6.45) is 9.15. The van der Waals surface area contributed by atoms with Gasteiger partial charge in [-0.25, -0.2) is 9.78 Å². The SMILES string of the molecule is CN(C)C(=O)c1cc(OCc2ccncc2)ccc1COc1ccc(-c2nc3cc(C(=O)O)ccc3n2C2CCCCC2)cc1.Cl.Cl. The standard InChI is InChI=1S/C36H36N4O5.2ClH/c1-39(2)35(41)31-21-30(44-22-24-16-18-37-19-17-24)14-10-27(31)23-45-29-12-8-25(9-13-29)34-38-32-20-26(36(42)43)11-15-33(32)40(34)28-6-4-3-5-7-28;;/h8-21,28H,3-7,22-23H2,1-2H3,(H,42,43);2*1H. The maximum absolute atomic E-state index is 13.1. The number of carbonyl (C=O) groups excluding carboxylic acids is 1. The highest BCUT2D eigenvalue weighted by atomic mass is 35.5. The van der Waals surface area contributed by atoms with Crippen LogP contribution < -0.4 is 9.47 Å². The van der Waals surface area contributed by atoms with E-state index in [2.05, 4.69) is 9.55 Å². The number of rotatable bonds is 10. The van der Waals surface area contributed by atoms with Crippen molar-refractivity contribution in [2.75, 3.05) is 14.1 Å². The molecule has 1 fully saturated rings. The van der Waals surface area contributed by atoms with Gasteiger partial charge in [-0.3, -0.25) is 9.78 Å². The van der Waals surface area contributed by atoms with Gasteiger partial charge in [-0.1, -0.05) is 25.3 Å². The number of imidazole rings is 1. The number of halogens is 2. The van der Waals surface area contributed by atoms with Gasteiger partial charge in [-0.05, 0) is 85.1 Å². The lowest BCUT2D eigenvalue weighted by atomic mass is 9.95. The van der Waals surface area contributed by atoms with Crippen molar-refractivity contribution in [3.63, 3.8) is 0 Å². The minimum atomic E-state index is -0.963. The van der Waals surface area contributed by atoms with Crippen LogP contribution in [0.25, 0.3) is 22.4 Å². The number of carboxylic acids is 1. The minimum Gasteiger partial charge on any atom is -0.489 e. The number of amides is 1. The predicted molar refractivity (Wildman–Crippen MR) is 186 cm³/mol. The molecule has 1 saturated carbocycles. The van der Waals surface area contributed by atoms with Crippen LogP contribution in [0.1, 0.15) is 70.0 Å². The predicted octanol–water partition coefficient (Wildman–Crippen LogP) is 8.01. The first-order valence-electron chi connectivity index (χ1n) is 15.2. The molecule has 0 unspecified atom stereocenters. The van der Waals surface area contributed by atoms with Crippen molar-refractivity contribution >= 4 is 47.7 Å². The van der Waals surface area contributed by atoms with Gasteiger partial charge in [0.05, 0.1) is 16.6 Å². The third-order valence-corrected chi connectivity index (χ3v) is 8.26. The smallest absolute Gasteiger partial charge is 0.335 e. The lowest BCUT2D eigenvalue weighted by Gasteiger charge is -2.25. The zero-order chi connectivity index (χ0) is 31.3. The summed E-state index contributed by atoms with van der Waals surface area (Å²) in [6, 6.07) is 22.5. The van der Waals surface area contributed by atoms with Crippen LogP contribution in [-0.4, -0.2) is 50.5 Å². The van der Waals surface area contributed by atoms with Crippen molar-refractivity contribution in [3.8, 4) is 22.9 Å². The quantitative estimate of drug-likeness (QED) is 0.160. The number of hydrogen-bond acceptors (Lipinski definition) is 6. The maximum Gasteiger partial charge on any atom is 0.335 e. The molecular formula is C36H38Cl2N4O5. The van der Waals surface area contributed by atoms with Gasteiger partial charge in [-0.2, -0.15) is 0 Å². The van der Waals surface area contributed by atoms with Gasteiger partial charge in [0.1, 0.15) is 30.5 Å². The minimum absolute atomic E-state index is 0. The van der Waals surface area contributed by atoms with E-state index >= 15 is 0 Å². The van der Waals surface area contributed by atoms with Gasteiger partial charge in [0.2, 0.25) is 0 Å². The van der Waals surface area contributed by atoms with E-state index in [-0.39, 0.29) is 42.9 Å². The van der Waals surface area contributed by atoms with Crippen molar-refractivity contribution in [2.24, 2.45) is 0 Å². The van der Waals surface area contributed by atoms with E-state index < -0.39 is 5.97 Å². The Hall–Kier alpha value is -4.60. The molecule has 2 heterocycles. The van der Waals surface area contributed by atoms with Crippen molar-refractivity contribution in [3.05, 3.63) is 107 Å². The topological polar surface area (TPSA) is 107 Å². The molecule has 1 aliphatic rings. The molecule has 0 bridgehead atoms. The van der Waals surface area contributed by atoms with Crippen LogP contribution in [0.4, 0.5) is 0 Å². The molecule has 1 N–H and O–H groups in total. The number of carbonyl (C=O) groups is 2. The first-order valence-corrected chi connectivity index (χ1v) is 15.2. The van der Waals surface area contributed by atoms with E-state index in [4.69, 9.17) is 14.5 Å². The summed E-state index contributed by atoms with van der Waals surface area (Å²) in [5, 5.41) is 9.53. The summed E-state index contributed by atoms with van der Waals surface area (Å²) >= 11 is 0. The molecule has 1 amide bonds. The Labute approximate surface area is 286 Å². The molecule has 3 aromatic carbocycles. The second-order valence-electron chi connectivity index (χ2n) is 11.6. The van der Waals surface area contributed by atoms with E-state index in [9.17, 15) is 14.7 Å². The number of pyridine rings is 1. The molecule has 0 saturated heterocycles. The van der Waals surface area contributed by atoms with Crippen molar-refractivity contribution < 1.29 is 24.2 Å². The number of carboxylic acid groups (broad SMARTS) is 1. The normalized spacial score (nSPS) is 12.9. The van der Waals surface area contributed by atoms with Gasteiger partial charge in [-0.15, -0.1) is 24.8 Å². The van der Waals surface area contributed by atoms with Crippen LogP contribution in [0.2, 0.25) is 0 Å². The Bertz CT molecular complexity index is 1820. The third-order valence-electron chi connectivity index (χ3n) is 8.26. The van der Waals surface area contributed by atoms with Crippen LogP contribution in [0.5, 0.6) is 11.5 Å². The van der Waals surface area contributed by atoms with Crippen LogP contribution in [0.3, 0.4) is 0 Å². The number of nitrogens with zero attached hydrogens (tertiary/aromatic N) is 4. The summed E-state index contributed by atoms with van der Waals surface area (Å²) in [7, 11) is 3.44. The van der Waals surface area contributed by atoms with E-state index in [1.165, 1.54) is 24.2 Å². The fourth-order valence-electron chi connectivity index (χ4n) is 5.86. The van der Waals surface area contributed by atoms with Gasteiger partial charge in [0.25, 0.3) is 5.91 Å². The largest absolute Gasteiger partial charge is 0.489 e. The second kappa shape index (κ2) is 15.8. The van der Waals surface area contributed by atoms with Crippen molar-refractivity contribution in [1.29, 1.82) is 0 Å². The monoisotopic (exact) mass is 676 g/mol. The molecule has 0 spiro atoms. The molecular weight excluding hydrogens is 639 g/mol. The summed E-state index contributed by atoms with van der Waals surface area (Å²) < 4.78 is 14.4. The van der Waals surface area contributed by atoms with Crippen LogP contribution in [0, 0.1) is 0 Å². The summed E-state index contributed by atoms with van der Waals surface area (Å²) in [5.74, 6) is 0.989.